The molecule has 0 aliphatic heterocycles. The molecule has 5 heteroatoms. The van der Waals surface area contributed by atoms with Crippen LogP contribution >= 0.6 is 0 Å². The van der Waals surface area contributed by atoms with Crippen LogP contribution in [0.25, 0.3) is 0 Å². The second-order valence-electron chi connectivity index (χ2n) is 2.23. The minimum atomic E-state index is -1.24. The quantitative estimate of drug-likeness (QED) is 0.394. The van der Waals surface area contributed by atoms with Crippen molar-refractivity contribution >= 4 is 11.7 Å². The zero-order chi connectivity index (χ0) is 8.97. The number of nitrogens with two attached hydrogens (primary N) is 1. The molecule has 0 fully saturated rings. The molecule has 0 bridgehead atoms. The third kappa shape index (κ3) is 4.77. The molecule has 0 aromatic heterocycles. The van der Waals surface area contributed by atoms with E-state index in [-0.39, 0.29) is 29.6 Å². The average Bonchev–Trinajstić information content (AvgIpc) is 2.03. The van der Waals surface area contributed by atoms with Crippen molar-refractivity contribution in [3.63, 3.8) is 0 Å². The standard InChI is InChI=1S/C8H9NO3.Na/c9-6-1-3-7(4-2-6)12-5-8(10)11;/h1-4H,5,9H2,(H,10,11);/q;+1/p-1. The molecule has 4 nitrogen and oxygen atoms in total. The van der Waals surface area contributed by atoms with E-state index in [1.165, 1.54) is 0 Å². The first-order valence-corrected chi connectivity index (χ1v) is 3.36. The van der Waals surface area contributed by atoms with Gasteiger partial charge in [0.05, 0.1) is 5.97 Å². The summed E-state index contributed by atoms with van der Waals surface area (Å²) in [5.41, 5.74) is 6.01. The number of hydrogen-bond acceptors (Lipinski definition) is 4. The number of ether oxygens (including phenoxy) is 1. The first kappa shape index (κ1) is 12.3. The van der Waals surface area contributed by atoms with Crippen LogP contribution in [0.5, 0.6) is 5.75 Å². The molecule has 0 aliphatic carbocycles. The molecule has 13 heavy (non-hydrogen) atoms. The predicted octanol–water partition coefficient (Wildman–Crippen LogP) is -3.60. The van der Waals surface area contributed by atoms with Crippen LogP contribution in [0.15, 0.2) is 24.3 Å². The van der Waals surface area contributed by atoms with Gasteiger partial charge in [0.25, 0.3) is 0 Å². The zero-order valence-corrected chi connectivity index (χ0v) is 9.32. The van der Waals surface area contributed by atoms with Crippen molar-refractivity contribution in [1.82, 2.24) is 0 Å². The number of carboxylic acids is 1. The van der Waals surface area contributed by atoms with Crippen LogP contribution < -0.4 is 45.1 Å². The summed E-state index contributed by atoms with van der Waals surface area (Å²) >= 11 is 0. The molecule has 0 radical (unpaired) electrons. The van der Waals surface area contributed by atoms with Gasteiger partial charge in [-0.15, -0.1) is 0 Å². The number of benzene rings is 1. The van der Waals surface area contributed by atoms with E-state index < -0.39 is 12.6 Å². The van der Waals surface area contributed by atoms with E-state index in [0.29, 0.717) is 11.4 Å². The number of nitrogen functional groups attached to an aromatic ring is 1. The molecule has 0 atom stereocenters. The number of carbonyl (C=O) groups is 1. The van der Waals surface area contributed by atoms with Gasteiger partial charge in [-0.1, -0.05) is 0 Å². The van der Waals surface area contributed by atoms with Crippen molar-refractivity contribution in [3.8, 4) is 5.75 Å². The Morgan fingerprint density at radius 2 is 1.92 bits per heavy atom. The van der Waals surface area contributed by atoms with Crippen LogP contribution in [0, 0.1) is 0 Å². The minimum absolute atomic E-state index is 0. The van der Waals surface area contributed by atoms with Crippen molar-refractivity contribution in [2.45, 2.75) is 0 Å². The number of hydrogen-bond donors (Lipinski definition) is 1. The first-order chi connectivity index (χ1) is 5.68. The van der Waals surface area contributed by atoms with Crippen LogP contribution in [0.3, 0.4) is 0 Å². The molecule has 0 heterocycles. The maximum Gasteiger partial charge on any atom is 1.00 e. The summed E-state index contributed by atoms with van der Waals surface area (Å²) in [6.07, 6.45) is 0. The second kappa shape index (κ2) is 5.85. The Labute approximate surface area is 98.0 Å². The number of rotatable bonds is 3. The summed E-state index contributed by atoms with van der Waals surface area (Å²) in [5.74, 6) is -0.778. The monoisotopic (exact) mass is 189 g/mol. The summed E-state index contributed by atoms with van der Waals surface area (Å²) < 4.78 is 4.80. The number of anilines is 1. The van der Waals surface area contributed by atoms with Crippen molar-refractivity contribution in [1.29, 1.82) is 0 Å². The van der Waals surface area contributed by atoms with E-state index >= 15 is 0 Å². The van der Waals surface area contributed by atoms with Crippen LogP contribution in [0.4, 0.5) is 5.69 Å². The van der Waals surface area contributed by atoms with Crippen molar-refractivity contribution in [2.75, 3.05) is 12.3 Å². The van der Waals surface area contributed by atoms with Gasteiger partial charge in [-0.3, -0.25) is 0 Å². The summed E-state index contributed by atoms with van der Waals surface area (Å²) in [5, 5.41) is 9.98. The zero-order valence-electron chi connectivity index (χ0n) is 7.32. The largest absolute Gasteiger partial charge is 1.00 e. The van der Waals surface area contributed by atoms with Gasteiger partial charge in [0.2, 0.25) is 0 Å². The molecule has 1 rings (SSSR count). The minimum Gasteiger partial charge on any atom is -0.546 e. The van der Waals surface area contributed by atoms with E-state index in [2.05, 4.69) is 0 Å². The molecule has 0 unspecified atom stereocenters. The molecule has 0 spiro atoms. The summed E-state index contributed by atoms with van der Waals surface area (Å²) in [6.45, 7) is -0.441. The molecular weight excluding hydrogens is 181 g/mol. The van der Waals surface area contributed by atoms with Gasteiger partial charge in [-0.2, -0.15) is 0 Å². The van der Waals surface area contributed by atoms with Crippen molar-refractivity contribution < 1.29 is 44.2 Å². The second-order valence-corrected chi connectivity index (χ2v) is 2.23. The van der Waals surface area contributed by atoms with E-state index in [1.54, 1.807) is 24.3 Å². The summed E-state index contributed by atoms with van der Waals surface area (Å²) in [7, 11) is 0. The van der Waals surface area contributed by atoms with Crippen molar-refractivity contribution in [3.05, 3.63) is 24.3 Å². The third-order valence-corrected chi connectivity index (χ3v) is 1.24. The molecule has 0 saturated heterocycles. The van der Waals surface area contributed by atoms with Gasteiger partial charge in [0.1, 0.15) is 12.4 Å². The van der Waals surface area contributed by atoms with E-state index in [9.17, 15) is 9.90 Å². The van der Waals surface area contributed by atoms with E-state index in [0.717, 1.165) is 0 Å². The smallest absolute Gasteiger partial charge is 0.546 e. The molecule has 1 aromatic rings. The predicted molar refractivity (Wildman–Crippen MR) is 41.4 cm³/mol. The molecule has 0 aliphatic rings. The van der Waals surface area contributed by atoms with Gasteiger partial charge in [-0.25, -0.2) is 0 Å². The number of aliphatic carboxylic acids is 1. The normalized spacial score (nSPS) is 8.62. The Bertz CT molecular complexity index is 273. The van der Waals surface area contributed by atoms with Crippen LogP contribution in [-0.4, -0.2) is 12.6 Å². The Kier molecular flexibility index (Phi) is 5.53. The Morgan fingerprint density at radius 3 is 2.38 bits per heavy atom. The Morgan fingerprint density at radius 1 is 1.38 bits per heavy atom. The molecule has 2 N–H and O–H groups in total. The Balaban J connectivity index is 0.00000144. The SMILES string of the molecule is Nc1ccc(OCC(=O)[O-])cc1.[Na+]. The summed E-state index contributed by atoms with van der Waals surface area (Å²) in [6, 6.07) is 6.45. The topological polar surface area (TPSA) is 75.4 Å². The third-order valence-electron chi connectivity index (χ3n) is 1.24. The van der Waals surface area contributed by atoms with Crippen LogP contribution in [-0.2, 0) is 4.79 Å². The van der Waals surface area contributed by atoms with E-state index in [1.807, 2.05) is 0 Å². The molecular formula is C8H8NNaO3. The fourth-order valence-electron chi connectivity index (χ4n) is 0.706. The van der Waals surface area contributed by atoms with Gasteiger partial charge >= 0.3 is 29.6 Å². The number of carbonyl (C=O) groups excluding carboxylic acids is 1. The molecule has 1 aromatic carbocycles. The van der Waals surface area contributed by atoms with Gasteiger partial charge in [-0.05, 0) is 24.3 Å². The van der Waals surface area contributed by atoms with Gasteiger partial charge in [0.15, 0.2) is 0 Å². The van der Waals surface area contributed by atoms with Gasteiger partial charge in [0, 0.05) is 5.69 Å². The van der Waals surface area contributed by atoms with Crippen LogP contribution in [0.1, 0.15) is 0 Å². The molecule has 0 saturated carbocycles. The fraction of sp³-hybridized carbons (Fsp3) is 0.125. The fourth-order valence-corrected chi connectivity index (χ4v) is 0.706. The maximum atomic E-state index is 9.98. The Hall–Kier alpha value is -0.710. The molecule has 0 amide bonds. The first-order valence-electron chi connectivity index (χ1n) is 3.36. The maximum absolute atomic E-state index is 9.98. The van der Waals surface area contributed by atoms with E-state index in [4.69, 9.17) is 10.5 Å². The number of carboxylic acid groups (broad SMARTS) is 1. The van der Waals surface area contributed by atoms with Crippen LogP contribution in [0.2, 0.25) is 0 Å². The molecule has 64 valence electrons. The van der Waals surface area contributed by atoms with Gasteiger partial charge < -0.3 is 20.4 Å². The average molecular weight is 189 g/mol. The van der Waals surface area contributed by atoms with Crippen molar-refractivity contribution in [2.24, 2.45) is 0 Å². The summed E-state index contributed by atoms with van der Waals surface area (Å²) in [4.78, 5) is 9.98.